The maximum absolute atomic E-state index is 9.53. The molecule has 206 valence electrons. The number of rotatable bonds is 8. The van der Waals surface area contributed by atoms with Gasteiger partial charge in [0.25, 0.3) is 0 Å². The van der Waals surface area contributed by atoms with Gasteiger partial charge in [-0.25, -0.2) is 0 Å². The van der Waals surface area contributed by atoms with Crippen LogP contribution in [-0.2, 0) is 6.61 Å². The summed E-state index contributed by atoms with van der Waals surface area (Å²) in [5, 5.41) is 9.53. The van der Waals surface area contributed by atoms with Gasteiger partial charge < -0.3 is 14.9 Å². The topological polar surface area (TPSA) is 26.7 Å². The Balaban J connectivity index is 1.32. The lowest BCUT2D eigenvalue weighted by Gasteiger charge is -2.26. The molecule has 0 fully saturated rings. The van der Waals surface area contributed by atoms with Crippen LogP contribution in [0, 0.1) is 13.8 Å². The third-order valence-electron chi connectivity index (χ3n) is 7.50. The van der Waals surface area contributed by atoms with Crippen LogP contribution in [0.5, 0.6) is 0 Å². The minimum atomic E-state index is 0.0340. The number of aryl methyl sites for hydroxylation is 2. The highest BCUT2D eigenvalue weighted by molar-refractivity contribution is 5.81. The molecule has 42 heavy (non-hydrogen) atoms. The first-order valence-electron chi connectivity index (χ1n) is 14.3. The van der Waals surface area contributed by atoms with Crippen LogP contribution in [0.4, 0.5) is 34.1 Å². The maximum Gasteiger partial charge on any atom is 0.0681 e. The van der Waals surface area contributed by atoms with Crippen molar-refractivity contribution < 1.29 is 5.11 Å². The van der Waals surface area contributed by atoms with Crippen molar-refractivity contribution in [3.63, 3.8) is 0 Å². The number of anilines is 6. The van der Waals surface area contributed by atoms with E-state index in [1.165, 1.54) is 11.1 Å². The van der Waals surface area contributed by atoms with Gasteiger partial charge in [0, 0.05) is 34.1 Å². The highest BCUT2D eigenvalue weighted by Gasteiger charge is 2.15. The summed E-state index contributed by atoms with van der Waals surface area (Å²) < 4.78 is 0. The quantitative estimate of drug-likeness (QED) is 0.206. The van der Waals surface area contributed by atoms with Crippen molar-refractivity contribution in [2.45, 2.75) is 20.5 Å². The van der Waals surface area contributed by atoms with E-state index in [2.05, 4.69) is 163 Å². The van der Waals surface area contributed by atoms with E-state index >= 15 is 0 Å². The van der Waals surface area contributed by atoms with E-state index in [0.717, 1.165) is 50.8 Å². The lowest BCUT2D eigenvalue weighted by molar-refractivity contribution is 0.282. The Morgan fingerprint density at radius 3 is 1.19 bits per heavy atom. The van der Waals surface area contributed by atoms with E-state index < -0.39 is 0 Å². The minimum absolute atomic E-state index is 0.0340. The monoisotopic (exact) mass is 546 g/mol. The van der Waals surface area contributed by atoms with E-state index in [0.29, 0.717) is 0 Å². The molecule has 0 radical (unpaired) electrons. The summed E-state index contributed by atoms with van der Waals surface area (Å²) in [6.07, 6.45) is 0. The standard InChI is InChI=1S/C39H34N2O/c1-29-8-6-12-38(26-29)40(34-10-4-3-5-11-34)36-22-16-32(17-23-36)33-18-24-37(25-19-33)41(39-13-7-9-30(2)27-39)35-20-14-31(28-42)15-21-35/h3-27,42H,28H2,1-2H3. The van der Waals surface area contributed by atoms with Crippen LogP contribution in [-0.4, -0.2) is 5.11 Å². The lowest BCUT2D eigenvalue weighted by Crippen LogP contribution is -2.10. The van der Waals surface area contributed by atoms with Gasteiger partial charge in [0.2, 0.25) is 0 Å². The van der Waals surface area contributed by atoms with E-state index in [9.17, 15) is 5.11 Å². The lowest BCUT2D eigenvalue weighted by atomic mass is 10.0. The molecule has 3 heteroatoms. The van der Waals surface area contributed by atoms with E-state index in [4.69, 9.17) is 0 Å². The number of nitrogens with zero attached hydrogens (tertiary/aromatic N) is 2. The first kappa shape index (κ1) is 27.1. The Labute approximate surface area is 248 Å². The van der Waals surface area contributed by atoms with Crippen LogP contribution in [0.1, 0.15) is 16.7 Å². The van der Waals surface area contributed by atoms with E-state index in [1.54, 1.807) is 0 Å². The molecular weight excluding hydrogens is 512 g/mol. The molecule has 0 bridgehead atoms. The molecule has 6 rings (SSSR count). The van der Waals surface area contributed by atoms with Crippen LogP contribution < -0.4 is 9.80 Å². The summed E-state index contributed by atoms with van der Waals surface area (Å²) in [4.78, 5) is 4.54. The van der Waals surface area contributed by atoms with Gasteiger partial charge in [-0.05, 0) is 114 Å². The van der Waals surface area contributed by atoms with Crippen molar-refractivity contribution >= 4 is 34.1 Å². The number of aliphatic hydroxyl groups is 1. The Hall–Kier alpha value is -5.12. The molecule has 0 aromatic heterocycles. The van der Waals surface area contributed by atoms with Crippen LogP contribution >= 0.6 is 0 Å². The summed E-state index contributed by atoms with van der Waals surface area (Å²) in [6.45, 7) is 4.27. The smallest absolute Gasteiger partial charge is 0.0681 e. The SMILES string of the molecule is Cc1cccc(N(c2ccccc2)c2ccc(-c3ccc(N(c4ccc(CO)cc4)c4cccc(C)c4)cc3)cc2)c1. The number of aliphatic hydroxyl groups excluding tert-OH is 1. The first-order chi connectivity index (χ1) is 20.6. The predicted octanol–water partition coefficient (Wildman–Crippen LogP) is 10.4. The molecule has 1 N–H and O–H groups in total. The van der Waals surface area contributed by atoms with Crippen molar-refractivity contribution in [3.8, 4) is 11.1 Å². The second-order valence-electron chi connectivity index (χ2n) is 10.6. The zero-order valence-electron chi connectivity index (χ0n) is 24.0. The van der Waals surface area contributed by atoms with Crippen LogP contribution in [0.2, 0.25) is 0 Å². The molecule has 0 spiro atoms. The van der Waals surface area contributed by atoms with E-state index in [1.807, 2.05) is 12.1 Å². The largest absolute Gasteiger partial charge is 0.392 e. The van der Waals surface area contributed by atoms with Gasteiger partial charge in [0.05, 0.1) is 6.61 Å². The fourth-order valence-corrected chi connectivity index (χ4v) is 5.36. The summed E-state index contributed by atoms with van der Waals surface area (Å²) >= 11 is 0. The van der Waals surface area contributed by atoms with Crippen LogP contribution in [0.3, 0.4) is 0 Å². The van der Waals surface area contributed by atoms with E-state index in [-0.39, 0.29) is 6.61 Å². The molecule has 6 aromatic carbocycles. The van der Waals surface area contributed by atoms with Crippen molar-refractivity contribution in [2.24, 2.45) is 0 Å². The third kappa shape index (κ3) is 5.83. The fourth-order valence-electron chi connectivity index (χ4n) is 5.36. The van der Waals surface area contributed by atoms with Crippen LogP contribution in [0.25, 0.3) is 11.1 Å². The summed E-state index contributed by atoms with van der Waals surface area (Å²) in [7, 11) is 0. The van der Waals surface area contributed by atoms with Gasteiger partial charge in [-0.1, -0.05) is 78.9 Å². The molecule has 0 aliphatic carbocycles. The molecule has 3 nitrogen and oxygen atoms in total. The van der Waals surface area contributed by atoms with Crippen LogP contribution in [0.15, 0.2) is 152 Å². The Morgan fingerprint density at radius 1 is 0.405 bits per heavy atom. The molecule has 0 atom stereocenters. The molecule has 0 saturated heterocycles. The maximum atomic E-state index is 9.53. The minimum Gasteiger partial charge on any atom is -0.392 e. The molecule has 0 amide bonds. The summed E-state index contributed by atoms with van der Waals surface area (Å²) in [6, 6.07) is 53.2. The zero-order chi connectivity index (χ0) is 28.9. The van der Waals surface area contributed by atoms with Gasteiger partial charge in [-0.3, -0.25) is 0 Å². The van der Waals surface area contributed by atoms with Crippen molar-refractivity contribution in [1.82, 2.24) is 0 Å². The molecule has 0 aliphatic rings. The predicted molar refractivity (Wildman–Crippen MR) is 177 cm³/mol. The molecule has 6 aromatic rings. The van der Waals surface area contributed by atoms with Gasteiger partial charge >= 0.3 is 0 Å². The molecular formula is C39H34N2O. The van der Waals surface area contributed by atoms with Gasteiger partial charge in [-0.2, -0.15) is 0 Å². The molecule has 0 aliphatic heterocycles. The highest BCUT2D eigenvalue weighted by atomic mass is 16.3. The molecule has 0 unspecified atom stereocenters. The number of para-hydroxylation sites is 1. The van der Waals surface area contributed by atoms with Crippen molar-refractivity contribution in [1.29, 1.82) is 0 Å². The summed E-state index contributed by atoms with van der Waals surface area (Å²) in [5.41, 5.74) is 12.3. The fraction of sp³-hybridized carbons (Fsp3) is 0.0769. The second-order valence-corrected chi connectivity index (χ2v) is 10.6. The number of hydrogen-bond acceptors (Lipinski definition) is 3. The van der Waals surface area contributed by atoms with Crippen molar-refractivity contribution in [2.75, 3.05) is 9.80 Å². The molecule has 0 saturated carbocycles. The second kappa shape index (κ2) is 12.2. The zero-order valence-corrected chi connectivity index (χ0v) is 24.0. The van der Waals surface area contributed by atoms with Gasteiger partial charge in [0.1, 0.15) is 0 Å². The average Bonchev–Trinajstić information content (AvgIpc) is 3.03. The highest BCUT2D eigenvalue weighted by Crippen LogP contribution is 2.38. The number of hydrogen-bond donors (Lipinski definition) is 1. The van der Waals surface area contributed by atoms with Gasteiger partial charge in [-0.15, -0.1) is 0 Å². The number of benzene rings is 6. The first-order valence-corrected chi connectivity index (χ1v) is 14.3. The normalized spacial score (nSPS) is 10.8. The van der Waals surface area contributed by atoms with Crippen molar-refractivity contribution in [3.05, 3.63) is 168 Å². The Morgan fingerprint density at radius 2 is 0.786 bits per heavy atom. The average molecular weight is 547 g/mol. The molecule has 0 heterocycles. The van der Waals surface area contributed by atoms with Gasteiger partial charge in [0.15, 0.2) is 0 Å². The Kier molecular flexibility index (Phi) is 7.85. The third-order valence-corrected chi connectivity index (χ3v) is 7.50. The summed E-state index contributed by atoms with van der Waals surface area (Å²) in [5.74, 6) is 0. The Bertz CT molecular complexity index is 1760.